The van der Waals surface area contributed by atoms with E-state index in [-0.39, 0.29) is 30.2 Å². The van der Waals surface area contributed by atoms with Crippen molar-refractivity contribution in [3.05, 3.63) is 82.4 Å². The van der Waals surface area contributed by atoms with E-state index in [0.29, 0.717) is 52.7 Å². The molecular formula is C33H35N3O6. The van der Waals surface area contributed by atoms with Gasteiger partial charge in [0.25, 0.3) is 11.8 Å². The number of imide groups is 1. The summed E-state index contributed by atoms with van der Waals surface area (Å²) in [5.41, 5.74) is 4.68. The van der Waals surface area contributed by atoms with E-state index in [1.54, 1.807) is 18.2 Å². The zero-order chi connectivity index (χ0) is 29.4. The van der Waals surface area contributed by atoms with Gasteiger partial charge in [-0.15, -0.1) is 0 Å². The Morgan fingerprint density at radius 3 is 2.33 bits per heavy atom. The Kier molecular flexibility index (Phi) is 7.49. The number of anilines is 1. The molecule has 1 fully saturated rings. The molecule has 6 rings (SSSR count). The number of carbonyl (C=O) groups is 3. The van der Waals surface area contributed by atoms with E-state index in [9.17, 15) is 14.4 Å². The number of amides is 3. The zero-order valence-corrected chi connectivity index (χ0v) is 24.2. The second-order valence-electron chi connectivity index (χ2n) is 11.0. The van der Waals surface area contributed by atoms with Gasteiger partial charge in [-0.1, -0.05) is 30.3 Å². The summed E-state index contributed by atoms with van der Waals surface area (Å²) < 4.78 is 16.3. The number of rotatable bonds is 7. The van der Waals surface area contributed by atoms with Crippen LogP contribution in [-0.4, -0.2) is 68.5 Å². The molecule has 3 aliphatic rings. The van der Waals surface area contributed by atoms with Gasteiger partial charge in [-0.05, 0) is 60.2 Å². The number of carbonyl (C=O) groups excluding carboxylic acids is 3. The van der Waals surface area contributed by atoms with E-state index in [4.69, 9.17) is 14.2 Å². The van der Waals surface area contributed by atoms with Crippen molar-refractivity contribution in [2.75, 3.05) is 45.9 Å². The lowest BCUT2D eigenvalue weighted by atomic mass is 9.93. The molecule has 0 radical (unpaired) electrons. The summed E-state index contributed by atoms with van der Waals surface area (Å²) in [6.45, 7) is 2.64. The summed E-state index contributed by atoms with van der Waals surface area (Å²) in [7, 11) is 4.57. The first-order valence-electron chi connectivity index (χ1n) is 14.3. The quantitative estimate of drug-likeness (QED) is 0.392. The molecule has 0 N–H and O–H groups in total. The SMILES string of the molecule is COc1cc(CN2C(=O)c3cccc(N4CCC[C@H](C(=O)N5CCc6ccccc6C5)C4)c3C2=O)cc(OC)c1OC. The summed E-state index contributed by atoms with van der Waals surface area (Å²) in [5.74, 6) is 0.644. The van der Waals surface area contributed by atoms with Crippen LogP contribution >= 0.6 is 0 Å². The molecule has 1 saturated heterocycles. The van der Waals surface area contributed by atoms with E-state index >= 15 is 0 Å². The third kappa shape index (κ3) is 4.82. The molecule has 0 unspecified atom stereocenters. The predicted molar refractivity (Wildman–Crippen MR) is 157 cm³/mol. The normalized spacial score (nSPS) is 18.1. The van der Waals surface area contributed by atoms with Crippen LogP contribution in [0.2, 0.25) is 0 Å². The molecular weight excluding hydrogens is 534 g/mol. The molecule has 0 saturated carbocycles. The highest BCUT2D eigenvalue weighted by atomic mass is 16.5. The molecule has 0 spiro atoms. The zero-order valence-electron chi connectivity index (χ0n) is 24.2. The Bertz CT molecular complexity index is 1530. The van der Waals surface area contributed by atoms with Gasteiger partial charge in [-0.25, -0.2) is 0 Å². The highest BCUT2D eigenvalue weighted by Crippen LogP contribution is 2.40. The van der Waals surface area contributed by atoms with Crippen molar-refractivity contribution in [2.45, 2.75) is 32.4 Å². The maximum atomic E-state index is 13.8. The first-order chi connectivity index (χ1) is 20.4. The molecule has 9 heteroatoms. The fraction of sp³-hybridized carbons (Fsp3) is 0.364. The van der Waals surface area contributed by atoms with Gasteiger partial charge in [0.1, 0.15) is 0 Å². The van der Waals surface area contributed by atoms with Crippen LogP contribution in [0.3, 0.4) is 0 Å². The number of fused-ring (bicyclic) bond motifs is 2. The van der Waals surface area contributed by atoms with E-state index in [1.807, 2.05) is 29.2 Å². The number of nitrogens with zero attached hydrogens (tertiary/aromatic N) is 3. The van der Waals surface area contributed by atoms with Crippen molar-refractivity contribution in [2.24, 2.45) is 5.92 Å². The van der Waals surface area contributed by atoms with E-state index in [0.717, 1.165) is 32.4 Å². The number of methoxy groups -OCH3 is 3. The molecule has 1 atom stereocenters. The number of ether oxygens (including phenoxy) is 3. The van der Waals surface area contributed by atoms with Gasteiger partial charge in [0.15, 0.2) is 11.5 Å². The highest BCUT2D eigenvalue weighted by molar-refractivity contribution is 6.23. The van der Waals surface area contributed by atoms with Crippen molar-refractivity contribution in [1.29, 1.82) is 0 Å². The Balaban J connectivity index is 1.22. The third-order valence-corrected chi connectivity index (χ3v) is 8.60. The smallest absolute Gasteiger partial charge is 0.263 e. The minimum Gasteiger partial charge on any atom is -0.493 e. The van der Waals surface area contributed by atoms with Crippen LogP contribution in [0, 0.1) is 5.92 Å². The highest BCUT2D eigenvalue weighted by Gasteiger charge is 2.40. The maximum Gasteiger partial charge on any atom is 0.263 e. The van der Waals surface area contributed by atoms with Crippen LogP contribution in [0.5, 0.6) is 17.2 Å². The van der Waals surface area contributed by atoms with Crippen LogP contribution in [0.25, 0.3) is 0 Å². The first-order valence-corrected chi connectivity index (χ1v) is 14.3. The van der Waals surface area contributed by atoms with Crippen LogP contribution in [0.1, 0.15) is 50.2 Å². The lowest BCUT2D eigenvalue weighted by Crippen LogP contribution is -2.46. The van der Waals surface area contributed by atoms with Crippen LogP contribution in [0.4, 0.5) is 5.69 Å². The average Bonchev–Trinajstić information content (AvgIpc) is 3.28. The predicted octanol–water partition coefficient (Wildman–Crippen LogP) is 4.31. The van der Waals surface area contributed by atoms with E-state index in [2.05, 4.69) is 17.0 Å². The minimum absolute atomic E-state index is 0.0556. The van der Waals surface area contributed by atoms with Crippen LogP contribution in [-0.2, 0) is 24.3 Å². The van der Waals surface area contributed by atoms with Crippen molar-refractivity contribution in [3.63, 3.8) is 0 Å². The molecule has 218 valence electrons. The number of benzene rings is 3. The summed E-state index contributed by atoms with van der Waals surface area (Å²) in [6.07, 6.45) is 2.51. The standard InChI is InChI=1S/C33H35N3O6/c1-40-27-16-21(17-28(41-2)30(27)42-3)18-36-32(38)25-11-6-12-26(29(25)33(36)39)34-14-7-10-24(20-34)31(37)35-15-13-22-8-4-5-9-23(22)19-35/h4-6,8-9,11-12,16-17,24H,7,10,13-15,18-20H2,1-3H3/t24-/m0/s1. The second kappa shape index (κ2) is 11.4. The van der Waals surface area contributed by atoms with Gasteiger partial charge in [-0.3, -0.25) is 19.3 Å². The Hall–Kier alpha value is -4.53. The van der Waals surface area contributed by atoms with Gasteiger partial charge in [0.2, 0.25) is 11.7 Å². The van der Waals surface area contributed by atoms with Gasteiger partial charge >= 0.3 is 0 Å². The lowest BCUT2D eigenvalue weighted by molar-refractivity contribution is -0.136. The van der Waals surface area contributed by atoms with Crippen LogP contribution < -0.4 is 19.1 Å². The van der Waals surface area contributed by atoms with Crippen molar-refractivity contribution in [3.8, 4) is 17.2 Å². The summed E-state index contributed by atoms with van der Waals surface area (Å²) in [6, 6.07) is 17.2. The average molecular weight is 570 g/mol. The van der Waals surface area contributed by atoms with Gasteiger partial charge < -0.3 is 24.0 Å². The molecule has 3 amide bonds. The van der Waals surface area contributed by atoms with E-state index in [1.165, 1.54) is 37.4 Å². The van der Waals surface area contributed by atoms with Crippen LogP contribution in [0.15, 0.2) is 54.6 Å². The molecule has 9 nitrogen and oxygen atoms in total. The third-order valence-electron chi connectivity index (χ3n) is 8.60. The monoisotopic (exact) mass is 569 g/mol. The Morgan fingerprint density at radius 1 is 0.881 bits per heavy atom. The first kappa shape index (κ1) is 27.6. The Morgan fingerprint density at radius 2 is 1.62 bits per heavy atom. The number of hydrogen-bond donors (Lipinski definition) is 0. The molecule has 0 aliphatic carbocycles. The van der Waals surface area contributed by atoms with Crippen molar-refractivity contribution in [1.82, 2.24) is 9.80 Å². The molecule has 42 heavy (non-hydrogen) atoms. The number of piperidine rings is 1. The van der Waals surface area contributed by atoms with Gasteiger partial charge in [0, 0.05) is 26.2 Å². The molecule has 3 heterocycles. The summed E-state index contributed by atoms with van der Waals surface area (Å²) in [4.78, 5) is 46.3. The summed E-state index contributed by atoms with van der Waals surface area (Å²) >= 11 is 0. The number of hydrogen-bond acceptors (Lipinski definition) is 7. The van der Waals surface area contributed by atoms with Crippen molar-refractivity contribution >= 4 is 23.4 Å². The topological polar surface area (TPSA) is 88.6 Å². The molecule has 3 aliphatic heterocycles. The maximum absolute atomic E-state index is 13.8. The van der Waals surface area contributed by atoms with Gasteiger partial charge in [0.05, 0.1) is 50.6 Å². The van der Waals surface area contributed by atoms with Gasteiger partial charge in [-0.2, -0.15) is 0 Å². The summed E-state index contributed by atoms with van der Waals surface area (Å²) in [5, 5.41) is 0. The molecule has 0 aromatic heterocycles. The molecule has 3 aromatic rings. The van der Waals surface area contributed by atoms with E-state index < -0.39 is 0 Å². The van der Waals surface area contributed by atoms with Crippen molar-refractivity contribution < 1.29 is 28.6 Å². The molecule has 3 aromatic carbocycles. The Labute approximate surface area is 245 Å². The second-order valence-corrected chi connectivity index (χ2v) is 11.0. The minimum atomic E-state index is -0.347. The lowest BCUT2D eigenvalue weighted by Gasteiger charge is -2.38. The largest absolute Gasteiger partial charge is 0.493 e. The fourth-order valence-corrected chi connectivity index (χ4v) is 6.47. The molecule has 0 bridgehead atoms. The fourth-order valence-electron chi connectivity index (χ4n) is 6.47.